The van der Waals surface area contributed by atoms with Crippen LogP contribution in [0.3, 0.4) is 0 Å². The van der Waals surface area contributed by atoms with Crippen LogP contribution in [0.25, 0.3) is 11.0 Å². The molecule has 5 nitrogen and oxygen atoms in total. The van der Waals surface area contributed by atoms with Crippen LogP contribution in [-0.4, -0.2) is 20.5 Å². The zero-order valence-corrected chi connectivity index (χ0v) is 13.2. The third-order valence-corrected chi connectivity index (χ3v) is 3.88. The van der Waals surface area contributed by atoms with Crippen LogP contribution in [0.1, 0.15) is 28.0 Å². The summed E-state index contributed by atoms with van der Waals surface area (Å²) in [6.45, 7) is 2.04. The molecule has 0 aliphatic carbocycles. The Balaban J connectivity index is 1.88. The summed E-state index contributed by atoms with van der Waals surface area (Å²) in [4.78, 5) is 16.7. The van der Waals surface area contributed by atoms with Gasteiger partial charge in [0.05, 0.1) is 5.52 Å². The molecule has 0 amide bonds. The molecule has 0 bridgehead atoms. The number of hydrogen-bond acceptors (Lipinski definition) is 4. The molecule has 1 N–H and O–H groups in total. The Morgan fingerprint density at radius 1 is 1.22 bits per heavy atom. The highest BCUT2D eigenvalue weighted by Gasteiger charge is 2.14. The average molecular weight is 306 g/mol. The molecule has 0 saturated carbocycles. The van der Waals surface area contributed by atoms with Gasteiger partial charge in [-0.2, -0.15) is 5.10 Å². The molecule has 0 radical (unpaired) electrons. The molecule has 0 aliphatic heterocycles. The van der Waals surface area contributed by atoms with Crippen molar-refractivity contribution in [2.45, 2.75) is 19.8 Å². The number of ketones is 1. The van der Waals surface area contributed by atoms with Gasteiger partial charge >= 0.3 is 0 Å². The van der Waals surface area contributed by atoms with E-state index in [-0.39, 0.29) is 16.8 Å². The number of nitrogens with one attached hydrogen (secondary N) is 1. The first-order valence-corrected chi connectivity index (χ1v) is 7.51. The van der Waals surface area contributed by atoms with Gasteiger partial charge < -0.3 is 0 Å². The molecule has 5 heteroatoms. The standard InChI is InChI=1S/C18H18N4O/c1-12-5-7-13(8-6-12)9-10-15(23)18-16(19)17-14(22(2)21-18)4-3-11-20-17/h3-8,11,19H,9-10H2,1-2H3. The van der Waals surface area contributed by atoms with Crippen LogP contribution in [0.4, 0.5) is 0 Å². The van der Waals surface area contributed by atoms with Gasteiger partial charge in [-0.15, -0.1) is 0 Å². The van der Waals surface area contributed by atoms with Crippen molar-refractivity contribution < 1.29 is 4.79 Å². The summed E-state index contributed by atoms with van der Waals surface area (Å²) in [7, 11) is 1.76. The maximum atomic E-state index is 12.5. The molecule has 3 aromatic rings. The lowest BCUT2D eigenvalue weighted by Gasteiger charge is -2.08. The molecular weight excluding hydrogens is 288 g/mol. The Hall–Kier alpha value is -2.82. The summed E-state index contributed by atoms with van der Waals surface area (Å²) in [5.74, 6) is -0.126. The zero-order chi connectivity index (χ0) is 16.4. The Labute approximate surface area is 134 Å². The van der Waals surface area contributed by atoms with Crippen molar-refractivity contribution in [3.8, 4) is 0 Å². The van der Waals surface area contributed by atoms with E-state index in [2.05, 4.69) is 10.1 Å². The number of carbonyl (C=O) groups is 1. The Morgan fingerprint density at radius 2 is 1.96 bits per heavy atom. The van der Waals surface area contributed by atoms with Crippen LogP contribution in [0.15, 0.2) is 42.6 Å². The number of hydrogen-bond donors (Lipinski definition) is 1. The second kappa shape index (κ2) is 6.12. The quantitative estimate of drug-likeness (QED) is 0.753. The van der Waals surface area contributed by atoms with Gasteiger partial charge in [0.2, 0.25) is 0 Å². The van der Waals surface area contributed by atoms with Crippen molar-refractivity contribution in [1.29, 1.82) is 5.41 Å². The summed E-state index contributed by atoms with van der Waals surface area (Å²) >= 11 is 0. The highest BCUT2D eigenvalue weighted by molar-refractivity contribution is 5.96. The van der Waals surface area contributed by atoms with Gasteiger partial charge in [-0.3, -0.25) is 19.9 Å². The third kappa shape index (κ3) is 3.04. The van der Waals surface area contributed by atoms with Gasteiger partial charge in [0.15, 0.2) is 11.5 Å². The summed E-state index contributed by atoms with van der Waals surface area (Å²) in [5.41, 5.74) is 3.74. The molecule has 3 rings (SSSR count). The molecule has 0 saturated heterocycles. The number of nitrogens with zero attached hydrogens (tertiary/aromatic N) is 3. The van der Waals surface area contributed by atoms with Crippen molar-refractivity contribution in [3.63, 3.8) is 0 Å². The first kappa shape index (κ1) is 15.1. The summed E-state index contributed by atoms with van der Waals surface area (Å²) < 4.78 is 1.61. The lowest BCUT2D eigenvalue weighted by Crippen LogP contribution is -2.23. The normalized spacial score (nSPS) is 10.9. The van der Waals surface area contributed by atoms with Crippen molar-refractivity contribution in [2.24, 2.45) is 7.05 Å². The fraction of sp³-hybridized carbons (Fsp3) is 0.222. The number of pyridine rings is 1. The number of benzene rings is 1. The average Bonchev–Trinajstić information content (AvgIpc) is 2.57. The highest BCUT2D eigenvalue weighted by atomic mass is 16.1. The number of aromatic nitrogens is 3. The van der Waals surface area contributed by atoms with E-state index >= 15 is 0 Å². The van der Waals surface area contributed by atoms with E-state index in [1.165, 1.54) is 5.56 Å². The Kier molecular flexibility index (Phi) is 4.02. The molecule has 23 heavy (non-hydrogen) atoms. The van der Waals surface area contributed by atoms with Gasteiger partial charge in [-0.1, -0.05) is 29.8 Å². The van der Waals surface area contributed by atoms with Crippen LogP contribution in [-0.2, 0) is 13.5 Å². The van der Waals surface area contributed by atoms with Crippen LogP contribution in [0.2, 0.25) is 0 Å². The second-order valence-corrected chi connectivity index (χ2v) is 5.63. The van der Waals surface area contributed by atoms with Crippen LogP contribution in [0, 0.1) is 12.3 Å². The van der Waals surface area contributed by atoms with Crippen molar-refractivity contribution in [3.05, 3.63) is 64.8 Å². The summed E-state index contributed by atoms with van der Waals surface area (Å²) in [6, 6.07) is 11.8. The molecule has 1 aromatic carbocycles. The van der Waals surface area contributed by atoms with Crippen LogP contribution in [0.5, 0.6) is 0 Å². The fourth-order valence-electron chi connectivity index (χ4n) is 2.54. The van der Waals surface area contributed by atoms with E-state index in [0.717, 1.165) is 11.1 Å². The van der Waals surface area contributed by atoms with E-state index < -0.39 is 0 Å². The summed E-state index contributed by atoms with van der Waals surface area (Å²) in [5, 5.41) is 12.6. The van der Waals surface area contributed by atoms with Gasteiger partial charge in [0.25, 0.3) is 0 Å². The van der Waals surface area contributed by atoms with E-state index in [0.29, 0.717) is 18.4 Å². The van der Waals surface area contributed by atoms with Gasteiger partial charge in [0, 0.05) is 19.7 Å². The predicted octanol–water partition coefficient (Wildman–Crippen LogP) is 2.57. The Bertz CT molecular complexity index is 926. The van der Waals surface area contributed by atoms with E-state index in [4.69, 9.17) is 5.41 Å². The Morgan fingerprint density at radius 3 is 2.70 bits per heavy atom. The van der Waals surface area contributed by atoms with Gasteiger partial charge in [-0.05, 0) is 31.0 Å². The number of carbonyl (C=O) groups excluding carboxylic acids is 1. The molecular formula is C18H18N4O. The SMILES string of the molecule is Cc1ccc(CCC(=O)c2nn(C)c3cccnc3c2=N)cc1. The number of aryl methyl sites for hydroxylation is 3. The van der Waals surface area contributed by atoms with Crippen molar-refractivity contribution in [2.75, 3.05) is 0 Å². The maximum Gasteiger partial charge on any atom is 0.185 e. The molecule has 0 spiro atoms. The van der Waals surface area contributed by atoms with Gasteiger partial charge in [0.1, 0.15) is 10.9 Å². The maximum absolute atomic E-state index is 12.5. The van der Waals surface area contributed by atoms with E-state index in [1.54, 1.807) is 24.0 Å². The van der Waals surface area contributed by atoms with Crippen molar-refractivity contribution in [1.82, 2.24) is 14.8 Å². The molecule has 2 heterocycles. The van der Waals surface area contributed by atoms with Gasteiger partial charge in [-0.25, -0.2) is 0 Å². The van der Waals surface area contributed by atoms with Crippen LogP contribution >= 0.6 is 0 Å². The highest BCUT2D eigenvalue weighted by Crippen LogP contribution is 2.09. The first-order valence-electron chi connectivity index (χ1n) is 7.51. The minimum atomic E-state index is -0.126. The lowest BCUT2D eigenvalue weighted by atomic mass is 10.0. The summed E-state index contributed by atoms with van der Waals surface area (Å²) in [6.07, 6.45) is 2.60. The third-order valence-electron chi connectivity index (χ3n) is 3.88. The van der Waals surface area contributed by atoms with Crippen LogP contribution < -0.4 is 5.36 Å². The second-order valence-electron chi connectivity index (χ2n) is 5.63. The largest absolute Gasteiger partial charge is 0.296 e. The fourth-order valence-corrected chi connectivity index (χ4v) is 2.54. The van der Waals surface area contributed by atoms with E-state index in [1.807, 2.05) is 37.3 Å². The minimum absolute atomic E-state index is 0.104. The molecule has 0 aliphatic rings. The number of rotatable bonds is 4. The monoisotopic (exact) mass is 306 g/mol. The topological polar surface area (TPSA) is 71.6 Å². The predicted molar refractivity (Wildman–Crippen MR) is 88.2 cm³/mol. The van der Waals surface area contributed by atoms with E-state index in [9.17, 15) is 4.79 Å². The molecule has 0 atom stereocenters. The first-order chi connectivity index (χ1) is 11.1. The lowest BCUT2D eigenvalue weighted by molar-refractivity contribution is 0.0974. The molecule has 116 valence electrons. The number of Topliss-reactive ketones (excluding diaryl/α,β-unsaturated/α-hetero) is 1. The molecule has 2 aromatic heterocycles. The zero-order valence-electron chi connectivity index (χ0n) is 13.2. The molecule has 0 fully saturated rings. The molecule has 0 unspecified atom stereocenters. The number of fused-ring (bicyclic) bond motifs is 1. The smallest absolute Gasteiger partial charge is 0.185 e. The minimum Gasteiger partial charge on any atom is -0.296 e. The van der Waals surface area contributed by atoms with Crippen molar-refractivity contribution >= 4 is 16.8 Å².